The largest absolute Gasteiger partial charge is 0.379 e. The van der Waals surface area contributed by atoms with Gasteiger partial charge in [0.05, 0.1) is 23.4 Å². The average Bonchev–Trinajstić information content (AvgIpc) is 3.18. The highest BCUT2D eigenvalue weighted by molar-refractivity contribution is 7.22. The van der Waals surface area contributed by atoms with Crippen LogP contribution in [-0.2, 0) is 4.74 Å². The molecular formula is C24H29N3O2S. The van der Waals surface area contributed by atoms with E-state index in [9.17, 15) is 4.79 Å². The third-order valence-electron chi connectivity index (χ3n) is 5.76. The van der Waals surface area contributed by atoms with Crippen LogP contribution in [0.25, 0.3) is 10.2 Å². The first kappa shape index (κ1) is 21.0. The summed E-state index contributed by atoms with van der Waals surface area (Å²) in [6, 6.07) is 10.3. The first-order valence-electron chi connectivity index (χ1n) is 10.5. The van der Waals surface area contributed by atoms with Crippen LogP contribution in [0.3, 0.4) is 0 Å². The summed E-state index contributed by atoms with van der Waals surface area (Å²) in [6.07, 6.45) is 0. The minimum atomic E-state index is 0.0233. The number of ether oxygens (including phenoxy) is 1. The van der Waals surface area contributed by atoms with Crippen molar-refractivity contribution in [1.29, 1.82) is 0 Å². The Balaban J connectivity index is 1.70. The molecule has 1 aromatic heterocycles. The third kappa shape index (κ3) is 4.26. The molecule has 0 spiro atoms. The SMILES string of the molecule is Cc1ccc(C(=O)N(CCN2CCOCC2)c2nc3c(C)ccc(C)c3s2)c(C)c1. The zero-order valence-corrected chi connectivity index (χ0v) is 19.0. The lowest BCUT2D eigenvalue weighted by atomic mass is 10.0. The highest BCUT2D eigenvalue weighted by Crippen LogP contribution is 2.34. The first-order chi connectivity index (χ1) is 14.4. The summed E-state index contributed by atoms with van der Waals surface area (Å²) in [6.45, 7) is 13.0. The molecule has 1 amide bonds. The smallest absolute Gasteiger partial charge is 0.260 e. The second kappa shape index (κ2) is 8.84. The molecule has 30 heavy (non-hydrogen) atoms. The van der Waals surface area contributed by atoms with Crippen LogP contribution in [0, 0.1) is 27.7 Å². The van der Waals surface area contributed by atoms with Crippen LogP contribution < -0.4 is 4.90 Å². The molecule has 0 bridgehead atoms. The number of amides is 1. The molecule has 1 saturated heterocycles. The number of aromatic nitrogens is 1. The number of morpholine rings is 1. The average molecular weight is 424 g/mol. The number of fused-ring (bicyclic) bond motifs is 1. The molecule has 0 N–H and O–H groups in total. The van der Waals surface area contributed by atoms with E-state index in [1.165, 1.54) is 5.56 Å². The fourth-order valence-electron chi connectivity index (χ4n) is 3.91. The second-order valence-electron chi connectivity index (χ2n) is 8.10. The molecule has 4 rings (SSSR count). The quantitative estimate of drug-likeness (QED) is 0.606. The summed E-state index contributed by atoms with van der Waals surface area (Å²) < 4.78 is 6.63. The van der Waals surface area contributed by atoms with Crippen molar-refractivity contribution in [2.24, 2.45) is 0 Å². The van der Waals surface area contributed by atoms with Crippen molar-refractivity contribution in [3.05, 3.63) is 58.1 Å². The first-order valence-corrected chi connectivity index (χ1v) is 11.3. The molecule has 0 saturated carbocycles. The van der Waals surface area contributed by atoms with Gasteiger partial charge in [0.2, 0.25) is 0 Å². The highest BCUT2D eigenvalue weighted by atomic mass is 32.1. The van der Waals surface area contributed by atoms with Crippen molar-refractivity contribution in [1.82, 2.24) is 9.88 Å². The molecule has 2 aromatic carbocycles. The highest BCUT2D eigenvalue weighted by Gasteiger charge is 2.24. The van der Waals surface area contributed by atoms with Gasteiger partial charge in [-0.2, -0.15) is 0 Å². The maximum atomic E-state index is 13.6. The van der Waals surface area contributed by atoms with E-state index in [0.29, 0.717) is 6.54 Å². The molecule has 6 heteroatoms. The summed E-state index contributed by atoms with van der Waals surface area (Å²) in [5.41, 5.74) is 6.26. The molecule has 5 nitrogen and oxygen atoms in total. The topological polar surface area (TPSA) is 45.7 Å². The maximum Gasteiger partial charge on any atom is 0.260 e. The zero-order valence-electron chi connectivity index (χ0n) is 18.2. The minimum absolute atomic E-state index is 0.0233. The van der Waals surface area contributed by atoms with E-state index in [1.807, 2.05) is 24.0 Å². The molecule has 2 heterocycles. The fourth-order valence-corrected chi connectivity index (χ4v) is 5.05. The molecule has 0 unspecified atom stereocenters. The molecule has 0 atom stereocenters. The van der Waals surface area contributed by atoms with Crippen LogP contribution in [0.4, 0.5) is 5.13 Å². The van der Waals surface area contributed by atoms with Gasteiger partial charge < -0.3 is 4.74 Å². The molecule has 1 aliphatic heterocycles. The van der Waals surface area contributed by atoms with Gasteiger partial charge >= 0.3 is 0 Å². The van der Waals surface area contributed by atoms with E-state index in [1.54, 1.807) is 11.3 Å². The van der Waals surface area contributed by atoms with Crippen LogP contribution in [0.15, 0.2) is 30.3 Å². The number of carbonyl (C=O) groups is 1. The Labute approximate surface area is 182 Å². The van der Waals surface area contributed by atoms with E-state index in [-0.39, 0.29) is 5.91 Å². The van der Waals surface area contributed by atoms with Crippen molar-refractivity contribution >= 4 is 32.6 Å². The minimum Gasteiger partial charge on any atom is -0.379 e. The molecule has 0 radical (unpaired) electrons. The lowest BCUT2D eigenvalue weighted by Gasteiger charge is -2.29. The van der Waals surface area contributed by atoms with Gasteiger partial charge in [0.15, 0.2) is 5.13 Å². The van der Waals surface area contributed by atoms with Gasteiger partial charge in [-0.3, -0.25) is 14.6 Å². The Kier molecular flexibility index (Phi) is 6.18. The van der Waals surface area contributed by atoms with Crippen LogP contribution in [0.1, 0.15) is 32.6 Å². The van der Waals surface area contributed by atoms with Gasteiger partial charge in [-0.05, 0) is 50.5 Å². The molecule has 3 aromatic rings. The summed E-state index contributed by atoms with van der Waals surface area (Å²) in [4.78, 5) is 22.8. The van der Waals surface area contributed by atoms with Crippen molar-refractivity contribution < 1.29 is 9.53 Å². The summed E-state index contributed by atoms with van der Waals surface area (Å²) >= 11 is 1.62. The molecule has 158 valence electrons. The van der Waals surface area contributed by atoms with Crippen LogP contribution in [-0.4, -0.2) is 55.2 Å². The third-order valence-corrected chi connectivity index (χ3v) is 6.98. The standard InChI is InChI=1S/C24H29N3O2S/c1-16-5-8-20(19(4)15-16)23(28)27(10-9-26-11-13-29-14-12-26)24-25-21-17(2)6-7-18(3)22(21)30-24/h5-8,15H,9-14H2,1-4H3. The van der Waals surface area contributed by atoms with E-state index in [0.717, 1.165) is 70.5 Å². The van der Waals surface area contributed by atoms with Crippen molar-refractivity contribution in [3.8, 4) is 0 Å². The number of carbonyl (C=O) groups excluding carboxylic acids is 1. The van der Waals surface area contributed by atoms with Crippen molar-refractivity contribution in [2.45, 2.75) is 27.7 Å². The second-order valence-corrected chi connectivity index (χ2v) is 9.08. The van der Waals surface area contributed by atoms with Crippen LogP contribution >= 0.6 is 11.3 Å². The molecule has 1 aliphatic rings. The number of benzene rings is 2. The van der Waals surface area contributed by atoms with E-state index in [2.05, 4.69) is 43.9 Å². The lowest BCUT2D eigenvalue weighted by Crippen LogP contribution is -2.43. The number of rotatable bonds is 5. The number of anilines is 1. The monoisotopic (exact) mass is 423 g/mol. The van der Waals surface area contributed by atoms with E-state index < -0.39 is 0 Å². The van der Waals surface area contributed by atoms with Gasteiger partial charge in [0.25, 0.3) is 5.91 Å². The lowest BCUT2D eigenvalue weighted by molar-refractivity contribution is 0.0391. The molecular weight excluding hydrogens is 394 g/mol. The van der Waals surface area contributed by atoms with Gasteiger partial charge in [-0.1, -0.05) is 41.2 Å². The number of nitrogens with zero attached hydrogens (tertiary/aromatic N) is 3. The van der Waals surface area contributed by atoms with Crippen LogP contribution in [0.5, 0.6) is 0 Å². The number of hydrogen-bond donors (Lipinski definition) is 0. The summed E-state index contributed by atoms with van der Waals surface area (Å²) in [7, 11) is 0. The fraction of sp³-hybridized carbons (Fsp3) is 0.417. The Morgan fingerprint density at radius 2 is 1.80 bits per heavy atom. The predicted octanol–water partition coefficient (Wildman–Crippen LogP) is 4.51. The van der Waals surface area contributed by atoms with Crippen molar-refractivity contribution in [2.75, 3.05) is 44.3 Å². The Morgan fingerprint density at radius 1 is 1.07 bits per heavy atom. The number of thiazole rings is 1. The summed E-state index contributed by atoms with van der Waals surface area (Å²) in [5, 5.41) is 0.778. The maximum absolute atomic E-state index is 13.6. The van der Waals surface area contributed by atoms with Crippen molar-refractivity contribution in [3.63, 3.8) is 0 Å². The predicted molar refractivity (Wildman–Crippen MR) is 124 cm³/mol. The molecule has 0 aliphatic carbocycles. The Hall–Kier alpha value is -2.28. The van der Waals surface area contributed by atoms with Gasteiger partial charge in [0, 0.05) is 31.7 Å². The number of hydrogen-bond acceptors (Lipinski definition) is 5. The normalized spacial score (nSPS) is 14.9. The summed E-state index contributed by atoms with van der Waals surface area (Å²) in [5.74, 6) is 0.0233. The zero-order chi connectivity index (χ0) is 21.3. The Bertz CT molecular complexity index is 1030. The van der Waals surface area contributed by atoms with Crippen LogP contribution in [0.2, 0.25) is 0 Å². The Morgan fingerprint density at radius 3 is 2.50 bits per heavy atom. The van der Waals surface area contributed by atoms with E-state index >= 15 is 0 Å². The van der Waals surface area contributed by atoms with Gasteiger partial charge in [-0.15, -0.1) is 0 Å². The molecule has 1 fully saturated rings. The number of aryl methyl sites for hydroxylation is 4. The van der Waals surface area contributed by atoms with Gasteiger partial charge in [-0.25, -0.2) is 4.98 Å². The van der Waals surface area contributed by atoms with E-state index in [4.69, 9.17) is 9.72 Å². The van der Waals surface area contributed by atoms with Gasteiger partial charge in [0.1, 0.15) is 0 Å².